The minimum atomic E-state index is -0.0238. The van der Waals surface area contributed by atoms with E-state index in [9.17, 15) is 4.79 Å². The van der Waals surface area contributed by atoms with E-state index in [4.69, 9.17) is 19.4 Å². The molecule has 2 heterocycles. The van der Waals surface area contributed by atoms with Gasteiger partial charge in [-0.1, -0.05) is 36.8 Å². The van der Waals surface area contributed by atoms with Crippen LogP contribution in [-0.2, 0) is 12.8 Å². The van der Waals surface area contributed by atoms with Crippen molar-refractivity contribution in [3.63, 3.8) is 0 Å². The third-order valence-electron chi connectivity index (χ3n) is 6.74. The summed E-state index contributed by atoms with van der Waals surface area (Å²) in [7, 11) is 3.18. The second-order valence-electron chi connectivity index (χ2n) is 9.23. The highest BCUT2D eigenvalue weighted by atomic mass is 16.5. The number of carbonyl (C=O) groups is 1. The summed E-state index contributed by atoms with van der Waals surface area (Å²) in [5.41, 5.74) is 5.34. The van der Waals surface area contributed by atoms with Gasteiger partial charge in [-0.25, -0.2) is 9.97 Å². The van der Waals surface area contributed by atoms with Gasteiger partial charge in [-0.15, -0.1) is 0 Å². The van der Waals surface area contributed by atoms with Crippen LogP contribution in [0, 0.1) is 13.8 Å². The van der Waals surface area contributed by atoms with E-state index < -0.39 is 0 Å². The molecule has 190 valence electrons. The predicted molar refractivity (Wildman–Crippen MR) is 142 cm³/mol. The number of rotatable bonds is 7. The fraction of sp³-hybridized carbons (Fsp3) is 0.414. The normalized spacial score (nSPS) is 13.9. The molecule has 0 radical (unpaired) electrons. The maximum Gasteiger partial charge on any atom is 0.257 e. The van der Waals surface area contributed by atoms with Gasteiger partial charge in [-0.05, 0) is 44.4 Å². The van der Waals surface area contributed by atoms with Crippen LogP contribution in [0.1, 0.15) is 51.9 Å². The Morgan fingerprint density at radius 2 is 1.72 bits per heavy atom. The average Bonchev–Trinajstić information content (AvgIpc) is 3.16. The number of anilines is 1. The Labute approximate surface area is 214 Å². The third kappa shape index (κ3) is 5.61. The molecule has 0 atom stereocenters. The molecular formula is C29H36N4O3. The van der Waals surface area contributed by atoms with Crippen LogP contribution in [0.3, 0.4) is 0 Å². The zero-order valence-corrected chi connectivity index (χ0v) is 22.0. The van der Waals surface area contributed by atoms with E-state index in [0.29, 0.717) is 36.7 Å². The molecule has 0 saturated carbocycles. The maximum atomic E-state index is 13.4. The van der Waals surface area contributed by atoms with Crippen LogP contribution >= 0.6 is 0 Å². The monoisotopic (exact) mass is 488 g/mol. The third-order valence-corrected chi connectivity index (χ3v) is 6.74. The average molecular weight is 489 g/mol. The van der Waals surface area contributed by atoms with Crippen molar-refractivity contribution in [3.8, 4) is 11.5 Å². The van der Waals surface area contributed by atoms with E-state index in [0.717, 1.165) is 43.1 Å². The molecule has 0 aliphatic carbocycles. The molecule has 1 amide bonds. The van der Waals surface area contributed by atoms with E-state index in [1.807, 2.05) is 11.8 Å². The van der Waals surface area contributed by atoms with Crippen molar-refractivity contribution >= 4 is 11.7 Å². The SMILES string of the molecule is CCc1nc(C)nc(N2CCCN(C(=O)c3ccc(OC)cc3OC)CC2)c1Cc1ccc(C)cc1. The molecule has 1 aliphatic rings. The van der Waals surface area contributed by atoms with Crippen molar-refractivity contribution < 1.29 is 14.3 Å². The van der Waals surface area contributed by atoms with Crippen molar-refractivity contribution in [3.05, 3.63) is 76.2 Å². The van der Waals surface area contributed by atoms with E-state index in [2.05, 4.69) is 43.0 Å². The number of carbonyl (C=O) groups excluding carboxylic acids is 1. The zero-order chi connectivity index (χ0) is 25.7. The van der Waals surface area contributed by atoms with Crippen molar-refractivity contribution in [2.45, 2.75) is 40.0 Å². The first-order valence-corrected chi connectivity index (χ1v) is 12.6. The number of hydrogen-bond acceptors (Lipinski definition) is 6. The molecule has 7 nitrogen and oxygen atoms in total. The Balaban J connectivity index is 1.58. The summed E-state index contributed by atoms with van der Waals surface area (Å²) in [5.74, 6) is 2.95. The Morgan fingerprint density at radius 3 is 2.42 bits per heavy atom. The molecule has 1 fully saturated rings. The molecule has 2 aromatic carbocycles. The molecule has 0 N–H and O–H groups in total. The lowest BCUT2D eigenvalue weighted by atomic mass is 10.0. The molecule has 1 saturated heterocycles. The lowest BCUT2D eigenvalue weighted by Gasteiger charge is -2.26. The second-order valence-corrected chi connectivity index (χ2v) is 9.23. The van der Waals surface area contributed by atoms with Gasteiger partial charge >= 0.3 is 0 Å². The largest absolute Gasteiger partial charge is 0.497 e. The Kier molecular flexibility index (Phi) is 8.08. The smallest absolute Gasteiger partial charge is 0.257 e. The summed E-state index contributed by atoms with van der Waals surface area (Å²) in [5, 5.41) is 0. The van der Waals surface area contributed by atoms with Crippen molar-refractivity contribution in [1.29, 1.82) is 0 Å². The van der Waals surface area contributed by atoms with Gasteiger partial charge in [0.25, 0.3) is 5.91 Å². The number of aryl methyl sites for hydroxylation is 3. The highest BCUT2D eigenvalue weighted by molar-refractivity contribution is 5.97. The van der Waals surface area contributed by atoms with E-state index in [1.165, 1.54) is 16.7 Å². The molecule has 0 bridgehead atoms. The minimum absolute atomic E-state index is 0.0238. The molecule has 1 aromatic heterocycles. The van der Waals surface area contributed by atoms with Gasteiger partial charge in [-0.3, -0.25) is 4.79 Å². The van der Waals surface area contributed by atoms with Crippen molar-refractivity contribution in [1.82, 2.24) is 14.9 Å². The standard InChI is InChI=1S/C29H36N4O3/c1-6-26-25(18-22-10-8-20(2)9-11-22)28(31-21(3)30-26)32-14-7-15-33(17-16-32)29(34)24-13-12-23(35-4)19-27(24)36-5/h8-13,19H,6-7,14-18H2,1-5H3. The molecular weight excluding hydrogens is 452 g/mol. The zero-order valence-electron chi connectivity index (χ0n) is 22.0. The van der Waals surface area contributed by atoms with Crippen LogP contribution in [0.5, 0.6) is 11.5 Å². The fourth-order valence-corrected chi connectivity index (χ4v) is 4.76. The Hall–Kier alpha value is -3.61. The van der Waals surface area contributed by atoms with Crippen LogP contribution in [-0.4, -0.2) is 61.2 Å². The summed E-state index contributed by atoms with van der Waals surface area (Å²) < 4.78 is 10.8. The summed E-state index contributed by atoms with van der Waals surface area (Å²) in [4.78, 5) is 27.4. The summed E-state index contributed by atoms with van der Waals surface area (Å²) in [6.07, 6.45) is 2.51. The van der Waals surface area contributed by atoms with Crippen LogP contribution in [0.4, 0.5) is 5.82 Å². The van der Waals surface area contributed by atoms with Crippen LogP contribution in [0.15, 0.2) is 42.5 Å². The van der Waals surface area contributed by atoms with E-state index >= 15 is 0 Å². The number of aromatic nitrogens is 2. The van der Waals surface area contributed by atoms with Gasteiger partial charge in [0.1, 0.15) is 23.1 Å². The first-order valence-electron chi connectivity index (χ1n) is 12.6. The van der Waals surface area contributed by atoms with Crippen LogP contribution < -0.4 is 14.4 Å². The number of hydrogen-bond donors (Lipinski definition) is 0. The number of benzene rings is 2. The van der Waals surface area contributed by atoms with Crippen molar-refractivity contribution in [2.24, 2.45) is 0 Å². The molecule has 0 unspecified atom stereocenters. The van der Waals surface area contributed by atoms with E-state index in [-0.39, 0.29) is 5.91 Å². The Bertz CT molecular complexity index is 1210. The van der Waals surface area contributed by atoms with Crippen LogP contribution in [0.25, 0.3) is 0 Å². The van der Waals surface area contributed by atoms with Crippen molar-refractivity contribution in [2.75, 3.05) is 45.3 Å². The number of nitrogens with zero attached hydrogens (tertiary/aromatic N) is 4. The van der Waals surface area contributed by atoms with Crippen LogP contribution in [0.2, 0.25) is 0 Å². The highest BCUT2D eigenvalue weighted by Crippen LogP contribution is 2.28. The molecule has 7 heteroatoms. The Morgan fingerprint density at radius 1 is 0.944 bits per heavy atom. The van der Waals surface area contributed by atoms with Gasteiger partial charge in [0.2, 0.25) is 0 Å². The van der Waals surface area contributed by atoms with Gasteiger partial charge in [-0.2, -0.15) is 0 Å². The van der Waals surface area contributed by atoms with Gasteiger partial charge in [0.15, 0.2) is 0 Å². The molecule has 0 spiro atoms. The lowest BCUT2D eigenvalue weighted by molar-refractivity contribution is 0.0763. The first-order chi connectivity index (χ1) is 17.4. The number of amides is 1. The lowest BCUT2D eigenvalue weighted by Crippen LogP contribution is -2.36. The minimum Gasteiger partial charge on any atom is -0.497 e. The quantitative estimate of drug-likeness (QED) is 0.484. The topological polar surface area (TPSA) is 67.8 Å². The molecule has 4 rings (SSSR count). The summed E-state index contributed by atoms with van der Waals surface area (Å²) >= 11 is 0. The van der Waals surface area contributed by atoms with E-state index in [1.54, 1.807) is 32.4 Å². The van der Waals surface area contributed by atoms with Gasteiger partial charge < -0.3 is 19.3 Å². The van der Waals surface area contributed by atoms with Gasteiger partial charge in [0, 0.05) is 49.9 Å². The number of ether oxygens (including phenoxy) is 2. The maximum absolute atomic E-state index is 13.4. The predicted octanol–water partition coefficient (Wildman–Crippen LogP) is 4.62. The number of methoxy groups -OCH3 is 2. The second kappa shape index (κ2) is 11.4. The van der Waals surface area contributed by atoms with Gasteiger partial charge in [0.05, 0.1) is 19.8 Å². The molecule has 36 heavy (non-hydrogen) atoms. The molecule has 3 aromatic rings. The molecule has 1 aliphatic heterocycles. The fourth-order valence-electron chi connectivity index (χ4n) is 4.76. The first kappa shape index (κ1) is 25.5. The summed E-state index contributed by atoms with van der Waals surface area (Å²) in [6, 6.07) is 14.0. The summed E-state index contributed by atoms with van der Waals surface area (Å²) in [6.45, 7) is 9.06. The highest BCUT2D eigenvalue weighted by Gasteiger charge is 2.25.